The molecule has 2 heterocycles. The number of hydrogen-bond donors (Lipinski definition) is 0. The van der Waals surface area contributed by atoms with Crippen LogP contribution in [0.5, 0.6) is 0 Å². The van der Waals surface area contributed by atoms with Gasteiger partial charge in [-0.25, -0.2) is 9.97 Å². The minimum atomic E-state index is -4.41. The lowest BCUT2D eigenvalue weighted by atomic mass is 10.0. The smallest absolute Gasteiger partial charge is 0.338 e. The van der Waals surface area contributed by atoms with Crippen molar-refractivity contribution in [3.63, 3.8) is 0 Å². The van der Waals surface area contributed by atoms with Crippen LogP contribution in [0.4, 0.5) is 19.1 Å². The zero-order valence-corrected chi connectivity index (χ0v) is 11.8. The standard InChI is InChI=1S/C14H20F3N3/c1-10(2)5-6-11-4-3-9-20(11)13-18-8-7-12(19-13)14(15,16)17/h7-8,10-11H,3-6,9H2,1-2H3. The van der Waals surface area contributed by atoms with Crippen LogP contribution >= 0.6 is 0 Å². The fourth-order valence-corrected chi connectivity index (χ4v) is 2.57. The highest BCUT2D eigenvalue weighted by Gasteiger charge is 2.34. The van der Waals surface area contributed by atoms with Crippen LogP contribution in [0.3, 0.4) is 0 Å². The molecule has 0 N–H and O–H groups in total. The third-order valence-corrected chi connectivity index (χ3v) is 3.64. The molecule has 0 aliphatic carbocycles. The van der Waals surface area contributed by atoms with Gasteiger partial charge >= 0.3 is 6.18 Å². The van der Waals surface area contributed by atoms with Gasteiger partial charge in [0.1, 0.15) is 5.69 Å². The molecular formula is C14H20F3N3. The second kappa shape index (κ2) is 5.97. The summed E-state index contributed by atoms with van der Waals surface area (Å²) >= 11 is 0. The Morgan fingerprint density at radius 3 is 2.80 bits per heavy atom. The van der Waals surface area contributed by atoms with E-state index in [1.807, 2.05) is 4.90 Å². The van der Waals surface area contributed by atoms with E-state index in [2.05, 4.69) is 23.8 Å². The van der Waals surface area contributed by atoms with Crippen molar-refractivity contribution in [1.29, 1.82) is 0 Å². The molecule has 1 aliphatic rings. The van der Waals surface area contributed by atoms with Crippen molar-refractivity contribution in [3.8, 4) is 0 Å². The van der Waals surface area contributed by atoms with E-state index in [0.717, 1.165) is 38.3 Å². The molecule has 1 aromatic heterocycles. The van der Waals surface area contributed by atoms with Crippen LogP contribution in [0.25, 0.3) is 0 Å². The first kappa shape index (κ1) is 15.1. The van der Waals surface area contributed by atoms with Gasteiger partial charge in [0, 0.05) is 18.8 Å². The lowest BCUT2D eigenvalue weighted by Crippen LogP contribution is -2.31. The highest BCUT2D eigenvalue weighted by atomic mass is 19.4. The van der Waals surface area contributed by atoms with Crippen LogP contribution in [0.2, 0.25) is 0 Å². The molecular weight excluding hydrogens is 267 g/mol. The summed E-state index contributed by atoms with van der Waals surface area (Å²) in [5.41, 5.74) is -0.864. The van der Waals surface area contributed by atoms with E-state index in [1.165, 1.54) is 6.20 Å². The Hall–Kier alpha value is -1.33. The molecule has 0 radical (unpaired) electrons. The molecule has 0 bridgehead atoms. The normalized spacial score (nSPS) is 19.9. The van der Waals surface area contributed by atoms with E-state index in [9.17, 15) is 13.2 Å². The van der Waals surface area contributed by atoms with Crippen LogP contribution in [0.1, 0.15) is 45.2 Å². The summed E-state index contributed by atoms with van der Waals surface area (Å²) in [4.78, 5) is 9.65. The van der Waals surface area contributed by atoms with Crippen LogP contribution < -0.4 is 4.90 Å². The Kier molecular flexibility index (Phi) is 4.50. The number of aromatic nitrogens is 2. The molecule has 3 nitrogen and oxygen atoms in total. The monoisotopic (exact) mass is 287 g/mol. The van der Waals surface area contributed by atoms with Crippen LogP contribution in [0, 0.1) is 5.92 Å². The molecule has 0 saturated carbocycles. The van der Waals surface area contributed by atoms with Gasteiger partial charge in [-0.1, -0.05) is 13.8 Å². The van der Waals surface area contributed by atoms with E-state index in [4.69, 9.17) is 0 Å². The number of nitrogens with zero attached hydrogens (tertiary/aromatic N) is 3. The Bertz CT molecular complexity index is 446. The largest absolute Gasteiger partial charge is 0.433 e. The maximum atomic E-state index is 12.7. The van der Waals surface area contributed by atoms with Gasteiger partial charge in [-0.05, 0) is 37.7 Å². The third-order valence-electron chi connectivity index (χ3n) is 3.64. The molecule has 2 rings (SSSR count). The number of alkyl halides is 3. The average Bonchev–Trinajstić information content (AvgIpc) is 2.83. The molecule has 0 spiro atoms. The molecule has 0 aromatic carbocycles. The average molecular weight is 287 g/mol. The first-order valence-corrected chi connectivity index (χ1v) is 7.05. The molecule has 20 heavy (non-hydrogen) atoms. The number of halogens is 3. The summed E-state index contributed by atoms with van der Waals surface area (Å²) in [6.45, 7) is 5.05. The van der Waals surface area contributed by atoms with Gasteiger partial charge in [-0.3, -0.25) is 0 Å². The van der Waals surface area contributed by atoms with Crippen molar-refractivity contribution in [1.82, 2.24) is 9.97 Å². The Balaban J connectivity index is 2.13. The summed E-state index contributed by atoms with van der Waals surface area (Å²) < 4.78 is 38.1. The third kappa shape index (κ3) is 3.61. The highest BCUT2D eigenvalue weighted by Crippen LogP contribution is 2.31. The first-order chi connectivity index (χ1) is 9.38. The van der Waals surface area contributed by atoms with Gasteiger partial charge < -0.3 is 4.90 Å². The SMILES string of the molecule is CC(C)CCC1CCCN1c1nccc(C(F)(F)F)n1. The van der Waals surface area contributed by atoms with E-state index < -0.39 is 11.9 Å². The van der Waals surface area contributed by atoms with Crippen molar-refractivity contribution < 1.29 is 13.2 Å². The van der Waals surface area contributed by atoms with Crippen LogP contribution in [-0.4, -0.2) is 22.6 Å². The molecule has 0 amide bonds. The van der Waals surface area contributed by atoms with E-state index in [0.29, 0.717) is 5.92 Å². The van der Waals surface area contributed by atoms with Crippen molar-refractivity contribution in [2.75, 3.05) is 11.4 Å². The summed E-state index contributed by atoms with van der Waals surface area (Å²) in [6, 6.07) is 1.18. The summed E-state index contributed by atoms with van der Waals surface area (Å²) in [6.07, 6.45) is 0.833. The summed E-state index contributed by atoms with van der Waals surface area (Å²) in [5.74, 6) is 0.811. The van der Waals surface area contributed by atoms with E-state index in [1.54, 1.807) is 0 Å². The zero-order valence-electron chi connectivity index (χ0n) is 11.8. The van der Waals surface area contributed by atoms with Crippen LogP contribution in [-0.2, 0) is 6.18 Å². The first-order valence-electron chi connectivity index (χ1n) is 7.05. The molecule has 1 saturated heterocycles. The second-order valence-corrected chi connectivity index (χ2v) is 5.70. The van der Waals surface area contributed by atoms with Gasteiger partial charge in [0.25, 0.3) is 0 Å². The predicted molar refractivity (Wildman–Crippen MR) is 71.5 cm³/mol. The van der Waals surface area contributed by atoms with Crippen LogP contribution in [0.15, 0.2) is 12.3 Å². The second-order valence-electron chi connectivity index (χ2n) is 5.70. The van der Waals surface area contributed by atoms with E-state index in [-0.39, 0.29) is 12.0 Å². The number of hydrogen-bond acceptors (Lipinski definition) is 3. The fraction of sp³-hybridized carbons (Fsp3) is 0.714. The molecule has 1 atom stereocenters. The Labute approximate surface area is 117 Å². The zero-order chi connectivity index (χ0) is 14.8. The lowest BCUT2D eigenvalue weighted by Gasteiger charge is -2.25. The Morgan fingerprint density at radius 1 is 1.40 bits per heavy atom. The topological polar surface area (TPSA) is 29.0 Å². The minimum absolute atomic E-state index is 0.214. The molecule has 112 valence electrons. The quantitative estimate of drug-likeness (QED) is 0.841. The maximum Gasteiger partial charge on any atom is 0.433 e. The summed E-state index contributed by atoms with van der Waals surface area (Å²) in [7, 11) is 0. The molecule has 1 unspecified atom stereocenters. The van der Waals surface area contributed by atoms with Gasteiger partial charge in [0.05, 0.1) is 0 Å². The van der Waals surface area contributed by atoms with Gasteiger partial charge in [-0.15, -0.1) is 0 Å². The molecule has 1 fully saturated rings. The van der Waals surface area contributed by atoms with Crippen molar-refractivity contribution >= 4 is 5.95 Å². The predicted octanol–water partition coefficient (Wildman–Crippen LogP) is 3.90. The fourth-order valence-electron chi connectivity index (χ4n) is 2.57. The molecule has 6 heteroatoms. The lowest BCUT2D eigenvalue weighted by molar-refractivity contribution is -0.141. The van der Waals surface area contributed by atoms with Gasteiger partial charge in [-0.2, -0.15) is 13.2 Å². The molecule has 1 aromatic rings. The maximum absolute atomic E-state index is 12.7. The van der Waals surface area contributed by atoms with Gasteiger partial charge in [0.15, 0.2) is 0 Å². The Morgan fingerprint density at radius 2 is 2.15 bits per heavy atom. The summed E-state index contributed by atoms with van der Waals surface area (Å²) in [5, 5.41) is 0. The highest BCUT2D eigenvalue weighted by molar-refractivity contribution is 5.34. The number of anilines is 1. The van der Waals surface area contributed by atoms with Gasteiger partial charge in [0.2, 0.25) is 5.95 Å². The number of rotatable bonds is 4. The van der Waals surface area contributed by atoms with Crippen molar-refractivity contribution in [3.05, 3.63) is 18.0 Å². The van der Waals surface area contributed by atoms with Crippen molar-refractivity contribution in [2.45, 2.75) is 51.7 Å². The van der Waals surface area contributed by atoms with E-state index >= 15 is 0 Å². The van der Waals surface area contributed by atoms with Crippen molar-refractivity contribution in [2.24, 2.45) is 5.92 Å². The molecule has 1 aliphatic heterocycles. The minimum Gasteiger partial charge on any atom is -0.338 e.